The molecule has 1 saturated heterocycles. The summed E-state index contributed by atoms with van der Waals surface area (Å²) in [6.07, 6.45) is 0.0300. The SMILES string of the molecule is Cc1cccc(C(C)C)c1NC(=O)CN1CCOC(c2ccccc2)C1. The topological polar surface area (TPSA) is 41.6 Å². The highest BCUT2D eigenvalue weighted by molar-refractivity contribution is 5.94. The summed E-state index contributed by atoms with van der Waals surface area (Å²) < 4.78 is 5.89. The Morgan fingerprint density at radius 1 is 1.19 bits per heavy atom. The van der Waals surface area contributed by atoms with Gasteiger partial charge in [0.05, 0.1) is 19.3 Å². The van der Waals surface area contributed by atoms with E-state index in [0.29, 0.717) is 19.1 Å². The van der Waals surface area contributed by atoms with Crippen LogP contribution in [-0.4, -0.2) is 37.0 Å². The van der Waals surface area contributed by atoms with Crippen LogP contribution in [0.15, 0.2) is 48.5 Å². The van der Waals surface area contributed by atoms with Gasteiger partial charge in [0, 0.05) is 18.8 Å². The normalized spacial score (nSPS) is 18.1. The van der Waals surface area contributed by atoms with Gasteiger partial charge >= 0.3 is 0 Å². The number of aryl methyl sites for hydroxylation is 1. The second-order valence-corrected chi connectivity index (χ2v) is 7.25. The van der Waals surface area contributed by atoms with Gasteiger partial charge in [-0.1, -0.05) is 62.4 Å². The van der Waals surface area contributed by atoms with Crippen molar-refractivity contribution in [2.45, 2.75) is 32.8 Å². The number of nitrogens with one attached hydrogen (secondary N) is 1. The predicted molar refractivity (Wildman–Crippen MR) is 105 cm³/mol. The predicted octanol–water partition coefficient (Wildman–Crippen LogP) is 4.13. The lowest BCUT2D eigenvalue weighted by Crippen LogP contribution is -2.42. The maximum absolute atomic E-state index is 12.7. The number of amides is 1. The zero-order valence-corrected chi connectivity index (χ0v) is 15.9. The molecule has 138 valence electrons. The Balaban J connectivity index is 1.64. The summed E-state index contributed by atoms with van der Waals surface area (Å²) in [5, 5.41) is 3.14. The van der Waals surface area contributed by atoms with Crippen molar-refractivity contribution in [2.75, 3.05) is 31.6 Å². The summed E-state index contributed by atoms with van der Waals surface area (Å²) >= 11 is 0. The minimum absolute atomic E-state index is 0.0300. The van der Waals surface area contributed by atoms with Crippen LogP contribution < -0.4 is 5.32 Å². The van der Waals surface area contributed by atoms with Gasteiger partial charge in [0.2, 0.25) is 5.91 Å². The van der Waals surface area contributed by atoms with Crippen LogP contribution in [0.1, 0.15) is 42.6 Å². The van der Waals surface area contributed by atoms with Crippen LogP contribution in [0.25, 0.3) is 0 Å². The summed E-state index contributed by atoms with van der Waals surface area (Å²) in [6.45, 7) is 8.90. The molecule has 4 heteroatoms. The molecule has 2 aromatic carbocycles. The minimum atomic E-state index is 0.0300. The molecule has 2 aromatic rings. The largest absolute Gasteiger partial charge is 0.371 e. The molecule has 1 aliphatic heterocycles. The lowest BCUT2D eigenvalue weighted by atomic mass is 9.98. The van der Waals surface area contributed by atoms with Crippen molar-refractivity contribution in [3.8, 4) is 0 Å². The third-order valence-electron chi connectivity index (χ3n) is 4.88. The Hall–Kier alpha value is -2.17. The van der Waals surface area contributed by atoms with Gasteiger partial charge in [-0.2, -0.15) is 0 Å². The summed E-state index contributed by atoms with van der Waals surface area (Å²) in [6, 6.07) is 16.4. The van der Waals surface area contributed by atoms with Gasteiger partial charge in [-0.25, -0.2) is 0 Å². The van der Waals surface area contributed by atoms with E-state index in [9.17, 15) is 4.79 Å². The van der Waals surface area contributed by atoms with Gasteiger partial charge in [0.1, 0.15) is 0 Å². The highest BCUT2D eigenvalue weighted by Crippen LogP contribution is 2.27. The van der Waals surface area contributed by atoms with E-state index in [2.05, 4.69) is 42.3 Å². The smallest absolute Gasteiger partial charge is 0.238 e. The fraction of sp³-hybridized carbons (Fsp3) is 0.409. The third kappa shape index (κ3) is 4.51. The van der Waals surface area contributed by atoms with Crippen LogP contribution in [0.3, 0.4) is 0 Å². The highest BCUT2D eigenvalue weighted by atomic mass is 16.5. The van der Waals surface area contributed by atoms with Crippen LogP contribution in [-0.2, 0) is 9.53 Å². The van der Waals surface area contributed by atoms with Crippen molar-refractivity contribution in [1.29, 1.82) is 0 Å². The molecular formula is C22H28N2O2. The number of carbonyl (C=O) groups is 1. The third-order valence-corrected chi connectivity index (χ3v) is 4.88. The minimum Gasteiger partial charge on any atom is -0.371 e. The molecule has 1 heterocycles. The molecule has 26 heavy (non-hydrogen) atoms. The average Bonchev–Trinajstić information content (AvgIpc) is 2.64. The number of carbonyl (C=O) groups excluding carboxylic acids is 1. The highest BCUT2D eigenvalue weighted by Gasteiger charge is 2.23. The van der Waals surface area contributed by atoms with E-state index in [0.717, 1.165) is 24.3 Å². The number of nitrogens with zero attached hydrogens (tertiary/aromatic N) is 1. The number of hydrogen-bond donors (Lipinski definition) is 1. The zero-order valence-electron chi connectivity index (χ0n) is 15.9. The van der Waals surface area contributed by atoms with E-state index < -0.39 is 0 Å². The van der Waals surface area contributed by atoms with Crippen molar-refractivity contribution in [1.82, 2.24) is 4.90 Å². The van der Waals surface area contributed by atoms with E-state index in [-0.39, 0.29) is 12.0 Å². The molecule has 0 aliphatic carbocycles. The number of anilines is 1. The van der Waals surface area contributed by atoms with Crippen molar-refractivity contribution < 1.29 is 9.53 Å². The number of morpholine rings is 1. The van der Waals surface area contributed by atoms with Gasteiger partial charge in [-0.3, -0.25) is 9.69 Å². The molecule has 1 unspecified atom stereocenters. The average molecular weight is 352 g/mol. The van der Waals surface area contributed by atoms with E-state index in [1.807, 2.05) is 37.3 Å². The molecule has 1 aliphatic rings. The maximum Gasteiger partial charge on any atom is 0.238 e. The molecule has 0 aromatic heterocycles. The van der Waals surface area contributed by atoms with Crippen molar-refractivity contribution in [3.05, 3.63) is 65.2 Å². The summed E-state index contributed by atoms with van der Waals surface area (Å²) in [7, 11) is 0. The number of rotatable bonds is 5. The maximum atomic E-state index is 12.7. The van der Waals surface area contributed by atoms with E-state index in [4.69, 9.17) is 4.74 Å². The molecule has 0 spiro atoms. The molecule has 1 fully saturated rings. The summed E-state index contributed by atoms with van der Waals surface area (Å²) in [5.74, 6) is 0.408. The van der Waals surface area contributed by atoms with Crippen LogP contribution in [0.2, 0.25) is 0 Å². The Labute approximate surface area is 156 Å². The van der Waals surface area contributed by atoms with Gasteiger partial charge in [0.25, 0.3) is 0 Å². The molecule has 0 bridgehead atoms. The molecule has 1 atom stereocenters. The fourth-order valence-corrected chi connectivity index (χ4v) is 3.44. The quantitative estimate of drug-likeness (QED) is 0.880. The number of benzene rings is 2. The molecule has 1 amide bonds. The summed E-state index contributed by atoms with van der Waals surface area (Å²) in [5.41, 5.74) is 4.41. The van der Waals surface area contributed by atoms with Crippen LogP contribution in [0, 0.1) is 6.92 Å². The number of para-hydroxylation sites is 1. The Bertz CT molecular complexity index is 743. The van der Waals surface area contributed by atoms with Crippen LogP contribution in [0.4, 0.5) is 5.69 Å². The van der Waals surface area contributed by atoms with E-state index in [1.54, 1.807) is 0 Å². The molecule has 1 N–H and O–H groups in total. The van der Waals surface area contributed by atoms with Crippen molar-refractivity contribution in [2.24, 2.45) is 0 Å². The molecule has 0 saturated carbocycles. The first-order valence-electron chi connectivity index (χ1n) is 9.33. The Morgan fingerprint density at radius 2 is 1.96 bits per heavy atom. The standard InChI is InChI=1S/C22H28N2O2/c1-16(2)19-11-7-8-17(3)22(19)23-21(25)15-24-12-13-26-20(14-24)18-9-5-4-6-10-18/h4-11,16,20H,12-15H2,1-3H3,(H,23,25). The van der Waals surface area contributed by atoms with Gasteiger partial charge in [-0.15, -0.1) is 0 Å². The first-order valence-corrected chi connectivity index (χ1v) is 9.33. The van der Waals surface area contributed by atoms with Gasteiger partial charge < -0.3 is 10.1 Å². The van der Waals surface area contributed by atoms with Crippen molar-refractivity contribution in [3.63, 3.8) is 0 Å². The fourth-order valence-electron chi connectivity index (χ4n) is 3.44. The molecule has 0 radical (unpaired) electrons. The lowest BCUT2D eigenvalue weighted by Gasteiger charge is -2.32. The molecular weight excluding hydrogens is 324 g/mol. The second-order valence-electron chi connectivity index (χ2n) is 7.25. The van der Waals surface area contributed by atoms with E-state index in [1.165, 1.54) is 11.1 Å². The van der Waals surface area contributed by atoms with Crippen LogP contribution in [0.5, 0.6) is 0 Å². The monoisotopic (exact) mass is 352 g/mol. The summed E-state index contributed by atoms with van der Waals surface area (Å²) in [4.78, 5) is 14.8. The first kappa shape index (κ1) is 18.6. The first-order chi connectivity index (χ1) is 12.5. The molecule has 4 nitrogen and oxygen atoms in total. The van der Waals surface area contributed by atoms with Gasteiger partial charge in [0.15, 0.2) is 0 Å². The lowest BCUT2D eigenvalue weighted by molar-refractivity contribution is -0.119. The Kier molecular flexibility index (Phi) is 6.07. The Morgan fingerprint density at radius 3 is 2.69 bits per heavy atom. The number of ether oxygens (including phenoxy) is 1. The van der Waals surface area contributed by atoms with Crippen LogP contribution >= 0.6 is 0 Å². The number of hydrogen-bond acceptors (Lipinski definition) is 3. The van der Waals surface area contributed by atoms with E-state index >= 15 is 0 Å². The second kappa shape index (κ2) is 8.47. The van der Waals surface area contributed by atoms with Crippen molar-refractivity contribution >= 4 is 11.6 Å². The molecule has 3 rings (SSSR count). The van der Waals surface area contributed by atoms with Gasteiger partial charge in [-0.05, 0) is 29.5 Å². The zero-order chi connectivity index (χ0) is 18.5.